The fraction of sp³-hybridized carbons (Fsp3) is 0.389. The van der Waals surface area contributed by atoms with Crippen LogP contribution in [0.15, 0.2) is 29.6 Å². The summed E-state index contributed by atoms with van der Waals surface area (Å²) in [4.78, 5) is 30.8. The monoisotopic (exact) mass is 376 g/mol. The molecule has 6 nitrogen and oxygen atoms in total. The highest BCUT2D eigenvalue weighted by molar-refractivity contribution is 7.14. The number of carbonyl (C=O) groups excluding carboxylic acids is 2. The minimum atomic E-state index is -0.600. The average Bonchev–Trinajstić information content (AvgIpc) is 3.29. The van der Waals surface area contributed by atoms with Gasteiger partial charge in [-0.2, -0.15) is 0 Å². The van der Waals surface area contributed by atoms with Crippen molar-refractivity contribution >= 4 is 28.3 Å². The molecule has 0 bridgehead atoms. The predicted octanol–water partition coefficient (Wildman–Crippen LogP) is 2.75. The van der Waals surface area contributed by atoms with Gasteiger partial charge in [0, 0.05) is 18.0 Å². The van der Waals surface area contributed by atoms with Crippen molar-refractivity contribution < 1.29 is 14.0 Å². The van der Waals surface area contributed by atoms with Crippen LogP contribution in [0.1, 0.15) is 40.6 Å². The van der Waals surface area contributed by atoms with Crippen LogP contribution in [-0.4, -0.2) is 47.4 Å². The maximum Gasteiger partial charge on any atom is 0.270 e. The van der Waals surface area contributed by atoms with Gasteiger partial charge >= 0.3 is 0 Å². The summed E-state index contributed by atoms with van der Waals surface area (Å²) in [6.07, 6.45) is 2.23. The molecule has 0 spiro atoms. The van der Waals surface area contributed by atoms with Crippen molar-refractivity contribution in [2.45, 2.75) is 25.8 Å². The van der Waals surface area contributed by atoms with Crippen LogP contribution in [0.4, 0.5) is 9.52 Å². The number of anilines is 1. The van der Waals surface area contributed by atoms with Crippen LogP contribution in [0, 0.1) is 5.82 Å². The van der Waals surface area contributed by atoms with E-state index in [-0.39, 0.29) is 22.3 Å². The zero-order chi connectivity index (χ0) is 18.5. The van der Waals surface area contributed by atoms with E-state index in [1.807, 2.05) is 0 Å². The first-order chi connectivity index (χ1) is 12.6. The minimum Gasteiger partial charge on any atom is -0.349 e. The topological polar surface area (TPSA) is 74.3 Å². The molecule has 0 unspecified atom stereocenters. The summed E-state index contributed by atoms with van der Waals surface area (Å²) in [5.74, 6) is -1.46. The van der Waals surface area contributed by atoms with Crippen molar-refractivity contribution in [3.05, 3.63) is 46.7 Å². The van der Waals surface area contributed by atoms with E-state index in [1.54, 1.807) is 11.4 Å². The van der Waals surface area contributed by atoms with Crippen LogP contribution in [-0.2, 0) is 0 Å². The molecule has 0 saturated carbocycles. The second-order valence-electron chi connectivity index (χ2n) is 6.11. The van der Waals surface area contributed by atoms with Gasteiger partial charge in [0.1, 0.15) is 11.5 Å². The van der Waals surface area contributed by atoms with Crippen LogP contribution < -0.4 is 10.6 Å². The average molecular weight is 376 g/mol. The molecule has 1 atom stereocenters. The third-order valence-corrected chi connectivity index (χ3v) is 5.24. The fourth-order valence-corrected chi connectivity index (χ4v) is 3.77. The number of likely N-dealkylation sites (N-methyl/N-ethyl adjacent to an activating group) is 1. The lowest BCUT2D eigenvalue weighted by Crippen LogP contribution is -2.40. The smallest absolute Gasteiger partial charge is 0.270 e. The van der Waals surface area contributed by atoms with E-state index >= 15 is 0 Å². The molecule has 2 heterocycles. The Hall–Kier alpha value is -2.32. The number of likely N-dealkylation sites (tertiary alicyclic amines) is 1. The van der Waals surface area contributed by atoms with Crippen molar-refractivity contribution in [2.75, 3.05) is 25.0 Å². The second kappa shape index (κ2) is 8.37. The summed E-state index contributed by atoms with van der Waals surface area (Å²) in [7, 11) is 0. The van der Waals surface area contributed by atoms with Crippen LogP contribution in [0.25, 0.3) is 0 Å². The zero-order valence-electron chi connectivity index (χ0n) is 14.5. The first kappa shape index (κ1) is 18.5. The lowest BCUT2D eigenvalue weighted by Gasteiger charge is -2.22. The number of thiazole rings is 1. The molecule has 1 saturated heterocycles. The van der Waals surface area contributed by atoms with E-state index in [0.717, 1.165) is 37.3 Å². The Morgan fingerprint density at radius 2 is 2.15 bits per heavy atom. The van der Waals surface area contributed by atoms with Crippen molar-refractivity contribution in [1.82, 2.24) is 15.2 Å². The Labute approximate surface area is 155 Å². The molecular weight excluding hydrogens is 355 g/mol. The lowest BCUT2D eigenvalue weighted by atomic mass is 10.2. The number of nitrogens with one attached hydrogen (secondary N) is 2. The highest BCUT2D eigenvalue weighted by Gasteiger charge is 2.24. The van der Waals surface area contributed by atoms with Crippen LogP contribution in [0.5, 0.6) is 0 Å². The normalized spacial score (nSPS) is 17.2. The van der Waals surface area contributed by atoms with Gasteiger partial charge in [-0.15, -0.1) is 11.3 Å². The van der Waals surface area contributed by atoms with Gasteiger partial charge in [-0.1, -0.05) is 19.1 Å². The number of hydrogen-bond acceptors (Lipinski definition) is 5. The van der Waals surface area contributed by atoms with E-state index < -0.39 is 11.7 Å². The Morgan fingerprint density at radius 1 is 1.35 bits per heavy atom. The van der Waals surface area contributed by atoms with Gasteiger partial charge in [-0.05, 0) is 38.1 Å². The number of benzene rings is 1. The molecule has 1 aliphatic rings. The van der Waals surface area contributed by atoms with Gasteiger partial charge in [0.25, 0.3) is 11.8 Å². The van der Waals surface area contributed by atoms with Crippen molar-refractivity contribution in [2.24, 2.45) is 0 Å². The number of amides is 2. The number of aromatic nitrogens is 1. The molecule has 0 aliphatic carbocycles. The Kier molecular flexibility index (Phi) is 5.95. The minimum absolute atomic E-state index is 0.0606. The van der Waals surface area contributed by atoms with Crippen LogP contribution in [0.2, 0.25) is 0 Å². The third kappa shape index (κ3) is 4.25. The summed E-state index contributed by atoms with van der Waals surface area (Å²) in [6.45, 7) is 4.75. The Morgan fingerprint density at radius 3 is 2.92 bits per heavy atom. The highest BCUT2D eigenvalue weighted by Crippen LogP contribution is 2.18. The van der Waals surface area contributed by atoms with Gasteiger partial charge in [0.15, 0.2) is 5.13 Å². The summed E-state index contributed by atoms with van der Waals surface area (Å²) >= 11 is 1.13. The third-order valence-electron chi connectivity index (χ3n) is 4.48. The molecule has 1 aromatic heterocycles. The maximum atomic E-state index is 13.6. The SMILES string of the molecule is CCN1CCC[C@@H]1CNC(=O)c1csc(NC(=O)c2ccccc2F)n1. The van der Waals surface area contributed by atoms with Crippen molar-refractivity contribution in [3.63, 3.8) is 0 Å². The van der Waals surface area contributed by atoms with E-state index in [9.17, 15) is 14.0 Å². The van der Waals surface area contributed by atoms with Gasteiger partial charge in [0.2, 0.25) is 0 Å². The standard InChI is InChI=1S/C18H21FN4O2S/c1-2-23-9-5-6-12(23)10-20-17(25)15-11-26-18(21-15)22-16(24)13-7-3-4-8-14(13)19/h3-4,7-8,11-12H,2,5-6,9-10H2,1H3,(H,20,25)(H,21,22,24)/t12-/m1/s1. The Balaban J connectivity index is 1.56. The number of rotatable bonds is 6. The van der Waals surface area contributed by atoms with Gasteiger partial charge < -0.3 is 5.32 Å². The number of hydrogen-bond donors (Lipinski definition) is 2. The molecule has 2 N–H and O–H groups in total. The molecule has 2 aromatic rings. The summed E-state index contributed by atoms with van der Waals surface area (Å²) in [5.41, 5.74) is 0.189. The summed E-state index contributed by atoms with van der Waals surface area (Å²) in [6, 6.07) is 6.08. The highest BCUT2D eigenvalue weighted by atomic mass is 32.1. The number of carbonyl (C=O) groups is 2. The quantitative estimate of drug-likeness (QED) is 0.813. The van der Waals surface area contributed by atoms with Crippen molar-refractivity contribution in [3.8, 4) is 0 Å². The van der Waals surface area contributed by atoms with E-state index in [4.69, 9.17) is 0 Å². The predicted molar refractivity (Wildman–Crippen MR) is 99.1 cm³/mol. The molecule has 1 aliphatic heterocycles. The summed E-state index contributed by atoms with van der Waals surface area (Å²) < 4.78 is 13.6. The molecule has 0 radical (unpaired) electrons. The molecule has 1 aromatic carbocycles. The molecule has 1 fully saturated rings. The molecule has 2 amide bonds. The second-order valence-corrected chi connectivity index (χ2v) is 6.96. The van der Waals surface area contributed by atoms with E-state index in [0.29, 0.717) is 12.6 Å². The molecule has 138 valence electrons. The van der Waals surface area contributed by atoms with E-state index in [2.05, 4.69) is 27.4 Å². The number of halogens is 1. The lowest BCUT2D eigenvalue weighted by molar-refractivity contribution is 0.0935. The molecule has 8 heteroatoms. The fourth-order valence-electron chi connectivity index (χ4n) is 3.09. The molecular formula is C18H21FN4O2S. The Bertz CT molecular complexity index is 795. The van der Waals surface area contributed by atoms with E-state index in [1.165, 1.54) is 18.2 Å². The van der Waals surface area contributed by atoms with Gasteiger partial charge in [-0.3, -0.25) is 19.8 Å². The van der Waals surface area contributed by atoms with Crippen LogP contribution in [0.3, 0.4) is 0 Å². The molecule has 3 rings (SSSR count). The summed E-state index contributed by atoms with van der Waals surface area (Å²) in [5, 5.41) is 7.28. The molecule has 26 heavy (non-hydrogen) atoms. The van der Waals surface area contributed by atoms with Gasteiger partial charge in [0.05, 0.1) is 5.56 Å². The largest absolute Gasteiger partial charge is 0.349 e. The van der Waals surface area contributed by atoms with Crippen molar-refractivity contribution in [1.29, 1.82) is 0 Å². The zero-order valence-corrected chi connectivity index (χ0v) is 15.3. The van der Waals surface area contributed by atoms with Gasteiger partial charge in [-0.25, -0.2) is 9.37 Å². The maximum absolute atomic E-state index is 13.6. The first-order valence-corrected chi connectivity index (χ1v) is 9.50. The number of nitrogens with zero attached hydrogens (tertiary/aromatic N) is 2. The first-order valence-electron chi connectivity index (χ1n) is 8.62. The van der Waals surface area contributed by atoms with Crippen LogP contribution >= 0.6 is 11.3 Å².